The highest BCUT2D eigenvalue weighted by Gasteiger charge is 2.22. The highest BCUT2D eigenvalue weighted by Crippen LogP contribution is 2.19. The van der Waals surface area contributed by atoms with Gasteiger partial charge < -0.3 is 10.6 Å². The summed E-state index contributed by atoms with van der Waals surface area (Å²) >= 11 is 5.99. The first-order chi connectivity index (χ1) is 7.68. The molecule has 94 valence electrons. The third kappa shape index (κ3) is 3.35. The van der Waals surface area contributed by atoms with Gasteiger partial charge in [-0.3, -0.25) is 4.79 Å². The number of nitrogens with two attached hydrogens (primary N) is 1. The SMILES string of the molecule is Cl.NC1CCN(C(=O)c2ccccc2Cl)CC1. The average Bonchev–Trinajstić information content (AvgIpc) is 2.30. The fourth-order valence-electron chi connectivity index (χ4n) is 1.91. The van der Waals surface area contributed by atoms with Crippen LogP contribution in [0.1, 0.15) is 23.2 Å². The molecule has 0 radical (unpaired) electrons. The van der Waals surface area contributed by atoms with Crippen molar-refractivity contribution >= 4 is 29.9 Å². The Morgan fingerprint density at radius 3 is 2.47 bits per heavy atom. The standard InChI is InChI=1S/C12H15ClN2O.ClH/c13-11-4-2-1-3-10(11)12(16)15-7-5-9(14)6-8-15;/h1-4,9H,5-8,14H2;1H. The summed E-state index contributed by atoms with van der Waals surface area (Å²) in [7, 11) is 0. The Kier molecular flexibility index (Phi) is 5.25. The molecule has 1 aliphatic heterocycles. The van der Waals surface area contributed by atoms with Gasteiger partial charge in [0.05, 0.1) is 10.6 Å². The summed E-state index contributed by atoms with van der Waals surface area (Å²) in [6, 6.07) is 7.39. The van der Waals surface area contributed by atoms with Gasteiger partial charge in [-0.2, -0.15) is 0 Å². The monoisotopic (exact) mass is 274 g/mol. The molecule has 0 aromatic heterocycles. The summed E-state index contributed by atoms with van der Waals surface area (Å²) in [5.74, 6) is 0.0116. The molecular formula is C12H16Cl2N2O. The topological polar surface area (TPSA) is 46.3 Å². The molecule has 1 aromatic rings. The molecule has 0 unspecified atom stereocenters. The molecule has 1 aromatic carbocycles. The zero-order chi connectivity index (χ0) is 11.5. The molecule has 3 nitrogen and oxygen atoms in total. The van der Waals surface area contributed by atoms with E-state index >= 15 is 0 Å². The van der Waals surface area contributed by atoms with Gasteiger partial charge in [0.25, 0.3) is 5.91 Å². The molecule has 0 spiro atoms. The number of hydrogen-bond donors (Lipinski definition) is 1. The molecule has 1 saturated heterocycles. The van der Waals surface area contributed by atoms with Crippen LogP contribution in [0.25, 0.3) is 0 Å². The summed E-state index contributed by atoms with van der Waals surface area (Å²) in [6.45, 7) is 1.45. The second kappa shape index (κ2) is 6.24. The van der Waals surface area contributed by atoms with Gasteiger partial charge in [-0.25, -0.2) is 0 Å². The van der Waals surface area contributed by atoms with Crippen molar-refractivity contribution in [2.75, 3.05) is 13.1 Å². The summed E-state index contributed by atoms with van der Waals surface area (Å²) in [6.07, 6.45) is 1.74. The van der Waals surface area contributed by atoms with Crippen molar-refractivity contribution in [1.82, 2.24) is 4.90 Å². The number of benzene rings is 1. The van der Waals surface area contributed by atoms with E-state index < -0.39 is 0 Å². The Balaban J connectivity index is 0.00000144. The Morgan fingerprint density at radius 1 is 1.29 bits per heavy atom. The van der Waals surface area contributed by atoms with E-state index in [4.69, 9.17) is 17.3 Å². The van der Waals surface area contributed by atoms with Crippen LogP contribution in [-0.2, 0) is 0 Å². The highest BCUT2D eigenvalue weighted by atomic mass is 35.5. The lowest BCUT2D eigenvalue weighted by molar-refractivity contribution is 0.0715. The van der Waals surface area contributed by atoms with Gasteiger partial charge in [0, 0.05) is 19.1 Å². The van der Waals surface area contributed by atoms with Gasteiger partial charge in [0.1, 0.15) is 0 Å². The molecule has 1 fully saturated rings. The third-order valence-electron chi connectivity index (χ3n) is 2.93. The van der Waals surface area contributed by atoms with Gasteiger partial charge in [-0.05, 0) is 25.0 Å². The molecule has 0 saturated carbocycles. The number of nitrogens with zero attached hydrogens (tertiary/aromatic N) is 1. The van der Waals surface area contributed by atoms with E-state index in [0.717, 1.165) is 25.9 Å². The number of carbonyl (C=O) groups is 1. The Bertz CT molecular complexity index is 390. The van der Waals surface area contributed by atoms with Crippen LogP contribution in [0, 0.1) is 0 Å². The Labute approximate surface area is 112 Å². The maximum Gasteiger partial charge on any atom is 0.255 e. The van der Waals surface area contributed by atoms with E-state index in [0.29, 0.717) is 10.6 Å². The first-order valence-electron chi connectivity index (χ1n) is 5.48. The first kappa shape index (κ1) is 14.3. The third-order valence-corrected chi connectivity index (χ3v) is 3.26. The molecule has 2 rings (SSSR count). The summed E-state index contributed by atoms with van der Waals surface area (Å²) in [4.78, 5) is 14.0. The number of amides is 1. The molecule has 1 heterocycles. The van der Waals surface area contributed by atoms with Crippen molar-refractivity contribution in [1.29, 1.82) is 0 Å². The largest absolute Gasteiger partial charge is 0.338 e. The lowest BCUT2D eigenvalue weighted by atomic mass is 10.0. The van der Waals surface area contributed by atoms with Crippen molar-refractivity contribution in [2.45, 2.75) is 18.9 Å². The van der Waals surface area contributed by atoms with Crippen molar-refractivity contribution in [3.05, 3.63) is 34.9 Å². The zero-order valence-corrected chi connectivity index (χ0v) is 11.0. The van der Waals surface area contributed by atoms with Crippen LogP contribution in [0.3, 0.4) is 0 Å². The Hall–Kier alpha value is -0.770. The fourth-order valence-corrected chi connectivity index (χ4v) is 2.12. The maximum atomic E-state index is 12.1. The molecule has 0 aliphatic carbocycles. The molecule has 5 heteroatoms. The van der Waals surface area contributed by atoms with Gasteiger partial charge in [0.2, 0.25) is 0 Å². The average molecular weight is 275 g/mol. The van der Waals surface area contributed by atoms with E-state index in [1.165, 1.54) is 0 Å². The van der Waals surface area contributed by atoms with Gasteiger partial charge in [-0.15, -0.1) is 12.4 Å². The van der Waals surface area contributed by atoms with E-state index in [9.17, 15) is 4.79 Å². The summed E-state index contributed by atoms with van der Waals surface area (Å²) < 4.78 is 0. The van der Waals surface area contributed by atoms with Crippen molar-refractivity contribution in [3.63, 3.8) is 0 Å². The summed E-state index contributed by atoms with van der Waals surface area (Å²) in [5.41, 5.74) is 6.38. The molecule has 2 N–H and O–H groups in total. The fraction of sp³-hybridized carbons (Fsp3) is 0.417. The van der Waals surface area contributed by atoms with Crippen LogP contribution >= 0.6 is 24.0 Å². The van der Waals surface area contributed by atoms with E-state index in [1.807, 2.05) is 17.0 Å². The van der Waals surface area contributed by atoms with Crippen molar-refractivity contribution < 1.29 is 4.79 Å². The minimum Gasteiger partial charge on any atom is -0.338 e. The van der Waals surface area contributed by atoms with E-state index in [-0.39, 0.29) is 24.4 Å². The van der Waals surface area contributed by atoms with Crippen LogP contribution < -0.4 is 5.73 Å². The number of carbonyl (C=O) groups excluding carboxylic acids is 1. The van der Waals surface area contributed by atoms with Gasteiger partial charge in [-0.1, -0.05) is 23.7 Å². The van der Waals surface area contributed by atoms with Gasteiger partial charge in [0.15, 0.2) is 0 Å². The van der Waals surface area contributed by atoms with Crippen molar-refractivity contribution in [3.8, 4) is 0 Å². The first-order valence-corrected chi connectivity index (χ1v) is 5.85. The van der Waals surface area contributed by atoms with E-state index in [1.54, 1.807) is 12.1 Å². The molecule has 17 heavy (non-hydrogen) atoms. The quantitative estimate of drug-likeness (QED) is 0.855. The smallest absolute Gasteiger partial charge is 0.255 e. The molecular weight excluding hydrogens is 259 g/mol. The summed E-state index contributed by atoms with van der Waals surface area (Å²) in [5, 5.41) is 0.516. The second-order valence-electron chi connectivity index (χ2n) is 4.11. The van der Waals surface area contributed by atoms with Crippen LogP contribution in [0.4, 0.5) is 0 Å². The van der Waals surface area contributed by atoms with Crippen LogP contribution in [0.15, 0.2) is 24.3 Å². The molecule has 0 atom stereocenters. The maximum absolute atomic E-state index is 12.1. The normalized spacial score (nSPS) is 16.5. The minimum absolute atomic E-state index is 0. The van der Waals surface area contributed by atoms with Crippen LogP contribution in [-0.4, -0.2) is 29.9 Å². The number of halogens is 2. The van der Waals surface area contributed by atoms with Crippen molar-refractivity contribution in [2.24, 2.45) is 5.73 Å². The highest BCUT2D eigenvalue weighted by molar-refractivity contribution is 6.33. The second-order valence-corrected chi connectivity index (χ2v) is 4.52. The predicted molar refractivity (Wildman–Crippen MR) is 71.8 cm³/mol. The van der Waals surface area contributed by atoms with Crippen LogP contribution in [0.2, 0.25) is 5.02 Å². The lowest BCUT2D eigenvalue weighted by Crippen LogP contribution is -2.42. The van der Waals surface area contributed by atoms with E-state index in [2.05, 4.69) is 0 Å². The molecule has 1 aliphatic rings. The Morgan fingerprint density at radius 2 is 1.88 bits per heavy atom. The molecule has 0 bridgehead atoms. The predicted octanol–water partition coefficient (Wildman–Crippen LogP) is 2.33. The lowest BCUT2D eigenvalue weighted by Gasteiger charge is -2.30. The number of rotatable bonds is 1. The minimum atomic E-state index is 0. The number of likely N-dealkylation sites (tertiary alicyclic amines) is 1. The number of hydrogen-bond acceptors (Lipinski definition) is 2. The van der Waals surface area contributed by atoms with Crippen LogP contribution in [0.5, 0.6) is 0 Å². The van der Waals surface area contributed by atoms with Gasteiger partial charge >= 0.3 is 0 Å². The molecule has 1 amide bonds. The number of piperidine rings is 1. The zero-order valence-electron chi connectivity index (χ0n) is 9.43.